The number of hydrogen-bond acceptors (Lipinski definition) is 3. The summed E-state index contributed by atoms with van der Waals surface area (Å²) in [6, 6.07) is 0. The van der Waals surface area contributed by atoms with E-state index < -0.39 is 0 Å². The number of ether oxygens (including phenoxy) is 1. The molecule has 1 aromatic rings. The highest BCUT2D eigenvalue weighted by atomic mass is 16.5. The van der Waals surface area contributed by atoms with E-state index in [-0.39, 0.29) is 0 Å². The van der Waals surface area contributed by atoms with E-state index in [1.54, 1.807) is 0 Å². The quantitative estimate of drug-likeness (QED) is 0.741. The minimum absolute atomic E-state index is 0.648. The summed E-state index contributed by atoms with van der Waals surface area (Å²) < 4.78 is 7.63. The van der Waals surface area contributed by atoms with Crippen molar-refractivity contribution in [2.45, 2.75) is 32.2 Å². The van der Waals surface area contributed by atoms with Gasteiger partial charge in [0.2, 0.25) is 0 Å². The van der Waals surface area contributed by atoms with Crippen molar-refractivity contribution in [3.8, 4) is 0 Å². The highest BCUT2D eigenvalue weighted by molar-refractivity contribution is 5.09. The molecule has 1 N–H and O–H groups in total. The summed E-state index contributed by atoms with van der Waals surface area (Å²) >= 11 is 0. The number of imidazole rings is 1. The van der Waals surface area contributed by atoms with Crippen molar-refractivity contribution in [2.75, 3.05) is 26.3 Å². The number of hydrogen-bond donors (Lipinski definition) is 1. The van der Waals surface area contributed by atoms with Crippen LogP contribution in [0, 0.1) is 0 Å². The first-order chi connectivity index (χ1) is 7.92. The Kier molecular flexibility index (Phi) is 4.36. The van der Waals surface area contributed by atoms with Crippen LogP contribution in [0.5, 0.6) is 0 Å². The SMILES string of the molecule is CCOCCCn1cncc1C1CCNC1. The average Bonchev–Trinajstić information content (AvgIpc) is 2.94. The van der Waals surface area contributed by atoms with Gasteiger partial charge in [-0.15, -0.1) is 0 Å². The number of nitrogens with zero attached hydrogens (tertiary/aromatic N) is 2. The predicted molar refractivity (Wildman–Crippen MR) is 63.6 cm³/mol. The molecule has 2 heterocycles. The monoisotopic (exact) mass is 223 g/mol. The second-order valence-electron chi connectivity index (χ2n) is 4.25. The molecule has 1 aromatic heterocycles. The molecular weight excluding hydrogens is 202 g/mol. The van der Waals surface area contributed by atoms with E-state index in [2.05, 4.69) is 14.9 Å². The molecule has 1 aliphatic heterocycles. The molecule has 4 nitrogen and oxygen atoms in total. The van der Waals surface area contributed by atoms with E-state index >= 15 is 0 Å². The standard InChI is InChI=1S/C12H21N3O/c1-2-16-7-3-6-15-10-14-9-12(15)11-4-5-13-8-11/h9-11,13H,2-8H2,1H3. The molecule has 0 amide bonds. The molecule has 0 spiro atoms. The Morgan fingerprint density at radius 1 is 1.62 bits per heavy atom. The van der Waals surface area contributed by atoms with Crippen LogP contribution in [-0.4, -0.2) is 35.9 Å². The zero-order valence-electron chi connectivity index (χ0n) is 9.98. The van der Waals surface area contributed by atoms with E-state index in [9.17, 15) is 0 Å². The molecule has 1 atom stereocenters. The maximum absolute atomic E-state index is 5.35. The van der Waals surface area contributed by atoms with Crippen LogP contribution in [0.15, 0.2) is 12.5 Å². The summed E-state index contributed by atoms with van der Waals surface area (Å²) in [5.74, 6) is 0.648. The Bertz CT molecular complexity index is 305. The molecule has 1 aliphatic rings. The molecule has 1 saturated heterocycles. The van der Waals surface area contributed by atoms with E-state index in [0.29, 0.717) is 5.92 Å². The van der Waals surface area contributed by atoms with Gasteiger partial charge in [0.05, 0.1) is 6.33 Å². The smallest absolute Gasteiger partial charge is 0.0948 e. The molecule has 0 aromatic carbocycles. The van der Waals surface area contributed by atoms with Gasteiger partial charge < -0.3 is 14.6 Å². The second-order valence-corrected chi connectivity index (χ2v) is 4.25. The van der Waals surface area contributed by atoms with Crippen LogP contribution < -0.4 is 5.32 Å². The summed E-state index contributed by atoms with van der Waals surface area (Å²) in [6.45, 7) is 6.94. The first kappa shape index (κ1) is 11.6. The van der Waals surface area contributed by atoms with Gasteiger partial charge >= 0.3 is 0 Å². The topological polar surface area (TPSA) is 39.1 Å². The van der Waals surface area contributed by atoms with Crippen molar-refractivity contribution in [2.24, 2.45) is 0 Å². The largest absolute Gasteiger partial charge is 0.382 e. The van der Waals surface area contributed by atoms with Crippen LogP contribution in [0.25, 0.3) is 0 Å². The van der Waals surface area contributed by atoms with Gasteiger partial charge in [0.1, 0.15) is 0 Å². The summed E-state index contributed by atoms with van der Waals surface area (Å²) in [5, 5.41) is 3.40. The molecule has 16 heavy (non-hydrogen) atoms. The Hall–Kier alpha value is -0.870. The number of rotatable bonds is 6. The first-order valence-corrected chi connectivity index (χ1v) is 6.20. The van der Waals surface area contributed by atoms with Gasteiger partial charge in [-0.25, -0.2) is 4.98 Å². The van der Waals surface area contributed by atoms with Gasteiger partial charge in [-0.3, -0.25) is 0 Å². The van der Waals surface area contributed by atoms with E-state index in [4.69, 9.17) is 4.74 Å². The van der Waals surface area contributed by atoms with E-state index in [1.165, 1.54) is 12.1 Å². The van der Waals surface area contributed by atoms with Gasteiger partial charge in [0.15, 0.2) is 0 Å². The molecule has 4 heteroatoms. The molecule has 1 unspecified atom stereocenters. The van der Waals surface area contributed by atoms with Crippen LogP contribution in [0.4, 0.5) is 0 Å². The predicted octanol–water partition coefficient (Wildman–Crippen LogP) is 1.39. The lowest BCUT2D eigenvalue weighted by molar-refractivity contribution is 0.141. The maximum Gasteiger partial charge on any atom is 0.0948 e. The third-order valence-corrected chi connectivity index (χ3v) is 3.11. The normalized spacial score (nSPS) is 20.4. The summed E-state index contributed by atoms with van der Waals surface area (Å²) in [6.07, 6.45) is 6.26. The number of aromatic nitrogens is 2. The first-order valence-electron chi connectivity index (χ1n) is 6.20. The van der Waals surface area contributed by atoms with Crippen molar-refractivity contribution in [3.05, 3.63) is 18.2 Å². The maximum atomic E-state index is 5.35. The van der Waals surface area contributed by atoms with Crippen LogP contribution >= 0.6 is 0 Å². The Morgan fingerprint density at radius 3 is 3.31 bits per heavy atom. The Labute approximate surface area is 97.0 Å². The zero-order chi connectivity index (χ0) is 11.2. The summed E-state index contributed by atoms with van der Waals surface area (Å²) in [7, 11) is 0. The van der Waals surface area contributed by atoms with E-state index in [0.717, 1.165) is 39.3 Å². The fourth-order valence-corrected chi connectivity index (χ4v) is 2.25. The van der Waals surface area contributed by atoms with Gasteiger partial charge in [-0.1, -0.05) is 0 Å². The summed E-state index contributed by atoms with van der Waals surface area (Å²) in [5.41, 5.74) is 1.38. The zero-order valence-corrected chi connectivity index (χ0v) is 9.98. The Balaban J connectivity index is 1.86. The van der Waals surface area contributed by atoms with Crippen molar-refractivity contribution in [3.63, 3.8) is 0 Å². The number of nitrogens with one attached hydrogen (secondary N) is 1. The highest BCUT2D eigenvalue weighted by Gasteiger charge is 2.19. The summed E-state index contributed by atoms with van der Waals surface area (Å²) in [4.78, 5) is 4.26. The van der Waals surface area contributed by atoms with Gasteiger partial charge in [-0.05, 0) is 26.3 Å². The third kappa shape index (κ3) is 2.83. The fourth-order valence-electron chi connectivity index (χ4n) is 2.25. The molecule has 0 saturated carbocycles. The minimum Gasteiger partial charge on any atom is -0.382 e. The fraction of sp³-hybridized carbons (Fsp3) is 0.750. The van der Waals surface area contributed by atoms with Crippen molar-refractivity contribution in [1.29, 1.82) is 0 Å². The molecule has 0 bridgehead atoms. The van der Waals surface area contributed by atoms with Crippen molar-refractivity contribution in [1.82, 2.24) is 14.9 Å². The lowest BCUT2D eigenvalue weighted by Gasteiger charge is -2.12. The van der Waals surface area contributed by atoms with Crippen molar-refractivity contribution >= 4 is 0 Å². The van der Waals surface area contributed by atoms with Gasteiger partial charge in [0.25, 0.3) is 0 Å². The highest BCUT2D eigenvalue weighted by Crippen LogP contribution is 2.21. The van der Waals surface area contributed by atoms with Gasteiger partial charge in [-0.2, -0.15) is 0 Å². The minimum atomic E-state index is 0.648. The second kappa shape index (κ2) is 6.01. The van der Waals surface area contributed by atoms with Crippen molar-refractivity contribution < 1.29 is 4.74 Å². The van der Waals surface area contributed by atoms with Gasteiger partial charge in [0, 0.05) is 44.1 Å². The Morgan fingerprint density at radius 2 is 2.56 bits per heavy atom. The molecule has 1 fully saturated rings. The number of aryl methyl sites for hydroxylation is 1. The lowest BCUT2D eigenvalue weighted by atomic mass is 10.1. The molecule has 2 rings (SSSR count). The molecule has 0 radical (unpaired) electrons. The molecule has 90 valence electrons. The molecule has 0 aliphatic carbocycles. The van der Waals surface area contributed by atoms with Crippen LogP contribution in [0.2, 0.25) is 0 Å². The van der Waals surface area contributed by atoms with Crippen LogP contribution in [0.1, 0.15) is 31.4 Å². The molecular formula is C12H21N3O. The third-order valence-electron chi connectivity index (χ3n) is 3.11. The average molecular weight is 223 g/mol. The van der Waals surface area contributed by atoms with E-state index in [1.807, 2.05) is 19.4 Å². The van der Waals surface area contributed by atoms with Crippen LogP contribution in [-0.2, 0) is 11.3 Å². The lowest BCUT2D eigenvalue weighted by Crippen LogP contribution is -2.12. The van der Waals surface area contributed by atoms with Crippen LogP contribution in [0.3, 0.4) is 0 Å².